The van der Waals surface area contributed by atoms with Gasteiger partial charge in [0.1, 0.15) is 0 Å². The van der Waals surface area contributed by atoms with Crippen molar-refractivity contribution < 1.29 is 4.79 Å². The molecule has 1 amide bonds. The van der Waals surface area contributed by atoms with Gasteiger partial charge in [-0.2, -0.15) is 0 Å². The van der Waals surface area contributed by atoms with Crippen molar-refractivity contribution in [3.63, 3.8) is 0 Å². The van der Waals surface area contributed by atoms with Crippen LogP contribution in [0.1, 0.15) is 34.1 Å². The van der Waals surface area contributed by atoms with Gasteiger partial charge in [0.05, 0.1) is 0 Å². The van der Waals surface area contributed by atoms with Crippen molar-refractivity contribution in [2.24, 2.45) is 0 Å². The molecule has 18 heavy (non-hydrogen) atoms. The molecule has 0 bridgehead atoms. The number of nitrogens with zero attached hydrogens (tertiary/aromatic N) is 3. The topological polar surface area (TPSA) is 26.8 Å². The molecular formula is C14H31N3O. The summed E-state index contributed by atoms with van der Waals surface area (Å²) in [7, 11) is 6.16. The van der Waals surface area contributed by atoms with Crippen LogP contribution in [0.5, 0.6) is 0 Å². The normalized spacial score (nSPS) is 13.4. The molecule has 4 heteroatoms. The number of carbonyl (C=O) groups excluding carboxylic acids is 1. The fourth-order valence-corrected chi connectivity index (χ4v) is 1.55. The van der Waals surface area contributed by atoms with Crippen molar-refractivity contribution in [1.82, 2.24) is 14.7 Å². The molecule has 0 spiro atoms. The molecule has 0 aliphatic rings. The Morgan fingerprint density at radius 2 is 1.50 bits per heavy atom. The number of rotatable bonds is 8. The summed E-state index contributed by atoms with van der Waals surface area (Å²) >= 11 is 0. The van der Waals surface area contributed by atoms with Gasteiger partial charge < -0.3 is 14.7 Å². The summed E-state index contributed by atoms with van der Waals surface area (Å²) in [6.45, 7) is 11.2. The SMILES string of the molecule is CC(=O)N(C)CCN(C)C(C)CCN(C)C(C)C. The quantitative estimate of drug-likeness (QED) is 0.659. The number of hydrogen-bond donors (Lipinski definition) is 0. The van der Waals surface area contributed by atoms with Crippen molar-refractivity contribution >= 4 is 5.91 Å². The van der Waals surface area contributed by atoms with Gasteiger partial charge >= 0.3 is 0 Å². The van der Waals surface area contributed by atoms with Crippen LogP contribution in [0.15, 0.2) is 0 Å². The van der Waals surface area contributed by atoms with Gasteiger partial charge in [-0.15, -0.1) is 0 Å². The van der Waals surface area contributed by atoms with Crippen LogP contribution >= 0.6 is 0 Å². The van der Waals surface area contributed by atoms with Crippen LogP contribution in [0.4, 0.5) is 0 Å². The molecule has 0 saturated carbocycles. The Hall–Kier alpha value is -0.610. The molecule has 0 aromatic rings. The molecule has 0 saturated heterocycles. The first-order chi connectivity index (χ1) is 8.25. The Kier molecular flexibility index (Phi) is 8.20. The summed E-state index contributed by atoms with van der Waals surface area (Å²) in [6, 6.07) is 1.15. The van der Waals surface area contributed by atoms with Crippen molar-refractivity contribution in [1.29, 1.82) is 0 Å². The zero-order valence-electron chi connectivity index (χ0n) is 13.2. The zero-order chi connectivity index (χ0) is 14.3. The minimum atomic E-state index is 0.135. The maximum absolute atomic E-state index is 11.1. The van der Waals surface area contributed by atoms with Crippen molar-refractivity contribution in [2.45, 2.75) is 46.2 Å². The predicted molar refractivity (Wildman–Crippen MR) is 77.8 cm³/mol. The van der Waals surface area contributed by atoms with Gasteiger partial charge in [0.2, 0.25) is 5.91 Å². The summed E-state index contributed by atoms with van der Waals surface area (Å²) in [5.41, 5.74) is 0. The van der Waals surface area contributed by atoms with Gasteiger partial charge in [-0.3, -0.25) is 4.79 Å². The second-order valence-electron chi connectivity index (χ2n) is 5.63. The van der Waals surface area contributed by atoms with E-state index >= 15 is 0 Å². The maximum atomic E-state index is 11.1. The largest absolute Gasteiger partial charge is 0.345 e. The number of carbonyl (C=O) groups is 1. The second-order valence-corrected chi connectivity index (χ2v) is 5.63. The van der Waals surface area contributed by atoms with E-state index in [9.17, 15) is 4.79 Å². The summed E-state index contributed by atoms with van der Waals surface area (Å²) in [5.74, 6) is 0.135. The van der Waals surface area contributed by atoms with E-state index in [-0.39, 0.29) is 5.91 Å². The Bertz CT molecular complexity index is 243. The van der Waals surface area contributed by atoms with Gasteiger partial charge in [0, 0.05) is 39.1 Å². The van der Waals surface area contributed by atoms with Crippen LogP contribution in [0.25, 0.3) is 0 Å². The molecule has 1 atom stereocenters. The molecule has 0 rings (SSSR count). The molecule has 0 aromatic carbocycles. The fourth-order valence-electron chi connectivity index (χ4n) is 1.55. The van der Waals surface area contributed by atoms with Crippen molar-refractivity contribution in [2.75, 3.05) is 40.8 Å². The number of amides is 1. The Labute approximate surface area is 113 Å². The molecule has 0 fully saturated rings. The highest BCUT2D eigenvalue weighted by Gasteiger charge is 2.12. The van der Waals surface area contributed by atoms with Crippen molar-refractivity contribution in [3.05, 3.63) is 0 Å². The van der Waals surface area contributed by atoms with E-state index in [1.807, 2.05) is 7.05 Å². The van der Waals surface area contributed by atoms with Gasteiger partial charge in [-0.05, 0) is 47.8 Å². The lowest BCUT2D eigenvalue weighted by molar-refractivity contribution is -0.127. The van der Waals surface area contributed by atoms with Gasteiger partial charge in [-0.1, -0.05) is 0 Å². The second kappa shape index (κ2) is 8.48. The van der Waals surface area contributed by atoms with E-state index < -0.39 is 0 Å². The molecule has 0 heterocycles. The van der Waals surface area contributed by atoms with Crippen LogP contribution in [0.2, 0.25) is 0 Å². The lowest BCUT2D eigenvalue weighted by Gasteiger charge is -2.29. The van der Waals surface area contributed by atoms with E-state index in [4.69, 9.17) is 0 Å². The van der Waals surface area contributed by atoms with Gasteiger partial charge in [0.15, 0.2) is 0 Å². The highest BCUT2D eigenvalue weighted by atomic mass is 16.2. The average Bonchev–Trinajstić information content (AvgIpc) is 2.31. The van der Waals surface area contributed by atoms with Crippen LogP contribution in [0.3, 0.4) is 0 Å². The third kappa shape index (κ3) is 6.97. The fraction of sp³-hybridized carbons (Fsp3) is 0.929. The van der Waals surface area contributed by atoms with Crippen molar-refractivity contribution in [3.8, 4) is 0 Å². The van der Waals surface area contributed by atoms with Crippen LogP contribution < -0.4 is 0 Å². The van der Waals surface area contributed by atoms with E-state index in [2.05, 4.69) is 44.7 Å². The Balaban J connectivity index is 3.89. The highest BCUT2D eigenvalue weighted by molar-refractivity contribution is 5.72. The molecule has 0 aliphatic heterocycles. The molecule has 0 N–H and O–H groups in total. The number of hydrogen-bond acceptors (Lipinski definition) is 3. The summed E-state index contributed by atoms with van der Waals surface area (Å²) < 4.78 is 0. The van der Waals surface area contributed by atoms with Gasteiger partial charge in [0.25, 0.3) is 0 Å². The van der Waals surface area contributed by atoms with Crippen LogP contribution in [-0.2, 0) is 4.79 Å². The smallest absolute Gasteiger partial charge is 0.219 e. The molecule has 0 aromatic heterocycles. The van der Waals surface area contributed by atoms with E-state index in [0.717, 1.165) is 26.1 Å². The summed E-state index contributed by atoms with van der Waals surface area (Å²) in [6.07, 6.45) is 1.16. The molecular weight excluding hydrogens is 226 g/mol. The van der Waals surface area contributed by atoms with E-state index in [0.29, 0.717) is 12.1 Å². The average molecular weight is 257 g/mol. The molecule has 108 valence electrons. The lowest BCUT2D eigenvalue weighted by Crippen LogP contribution is -2.39. The third-order valence-corrected chi connectivity index (χ3v) is 3.86. The van der Waals surface area contributed by atoms with Gasteiger partial charge in [-0.25, -0.2) is 0 Å². The molecule has 0 aliphatic carbocycles. The zero-order valence-corrected chi connectivity index (χ0v) is 13.2. The third-order valence-electron chi connectivity index (χ3n) is 3.86. The highest BCUT2D eigenvalue weighted by Crippen LogP contribution is 2.04. The monoisotopic (exact) mass is 257 g/mol. The standard InChI is InChI=1S/C14H31N3O/c1-12(2)15(5)9-8-13(3)16(6)10-11-17(7)14(4)18/h12-13H,8-11H2,1-7H3. The molecule has 4 nitrogen and oxygen atoms in total. The minimum Gasteiger partial charge on any atom is -0.345 e. The predicted octanol–water partition coefficient (Wildman–Crippen LogP) is 1.52. The number of likely N-dealkylation sites (N-methyl/N-ethyl adjacent to an activating group) is 2. The lowest BCUT2D eigenvalue weighted by atomic mass is 10.2. The summed E-state index contributed by atoms with van der Waals surface area (Å²) in [4.78, 5) is 17.6. The minimum absolute atomic E-state index is 0.135. The van der Waals surface area contributed by atoms with Crippen LogP contribution in [0, 0.1) is 0 Å². The first-order valence-electron chi connectivity index (χ1n) is 6.87. The molecule has 0 radical (unpaired) electrons. The molecule has 1 unspecified atom stereocenters. The van der Waals surface area contributed by atoms with E-state index in [1.54, 1.807) is 11.8 Å². The maximum Gasteiger partial charge on any atom is 0.219 e. The first-order valence-corrected chi connectivity index (χ1v) is 6.87. The summed E-state index contributed by atoms with van der Waals surface area (Å²) in [5, 5.41) is 0. The Morgan fingerprint density at radius 3 is 1.94 bits per heavy atom. The Morgan fingerprint density at radius 1 is 0.944 bits per heavy atom. The van der Waals surface area contributed by atoms with Crippen LogP contribution in [-0.4, -0.2) is 73.5 Å². The van der Waals surface area contributed by atoms with E-state index in [1.165, 1.54) is 0 Å². The first kappa shape index (κ1) is 17.4.